The number of anilines is 1. The molecule has 33 heavy (non-hydrogen) atoms. The van der Waals surface area contributed by atoms with Crippen LogP contribution < -0.4 is 4.90 Å². The Bertz CT molecular complexity index is 1150. The number of amides is 3. The van der Waals surface area contributed by atoms with Gasteiger partial charge < -0.3 is 9.64 Å². The van der Waals surface area contributed by atoms with Crippen molar-refractivity contribution in [2.75, 3.05) is 11.4 Å². The zero-order valence-electron chi connectivity index (χ0n) is 17.2. The molecule has 1 aliphatic carbocycles. The average molecular weight is 456 g/mol. The zero-order valence-corrected chi connectivity index (χ0v) is 17.2. The van der Waals surface area contributed by atoms with E-state index in [1.165, 1.54) is 17.0 Å². The number of hydrogen-bond donors (Lipinski definition) is 0. The lowest BCUT2D eigenvalue weighted by atomic mass is 9.70. The standard InChI is InChI=1S/C24H19F3N2O4/c25-24(26,27)16-7-4-8-17(11-16)29-21(30)19-15-9-10-18(20(19)22(29)31)28(12-15)23(32)33-13-14-5-2-1-3-6-14/h1-11,15,18-20H,12-13H2/t15-,18-,19-,20+/m0/s1. The van der Waals surface area contributed by atoms with Crippen molar-refractivity contribution in [3.63, 3.8) is 0 Å². The molecule has 4 atom stereocenters. The van der Waals surface area contributed by atoms with Gasteiger partial charge in [0, 0.05) is 12.5 Å². The number of carbonyl (C=O) groups excluding carboxylic acids is 3. The zero-order chi connectivity index (χ0) is 23.3. The molecule has 0 unspecified atom stereocenters. The van der Waals surface area contributed by atoms with Crippen LogP contribution in [0.5, 0.6) is 0 Å². The smallest absolute Gasteiger partial charge is 0.416 e. The predicted octanol–water partition coefficient (Wildman–Crippen LogP) is 4.02. The quantitative estimate of drug-likeness (QED) is 0.517. The van der Waals surface area contributed by atoms with Gasteiger partial charge >= 0.3 is 12.3 Å². The first kappa shape index (κ1) is 21.2. The van der Waals surface area contributed by atoms with Crippen LogP contribution in [0.15, 0.2) is 66.7 Å². The van der Waals surface area contributed by atoms with Crippen molar-refractivity contribution in [3.05, 3.63) is 77.9 Å². The minimum Gasteiger partial charge on any atom is -0.445 e. The highest BCUT2D eigenvalue weighted by Gasteiger charge is 2.60. The summed E-state index contributed by atoms with van der Waals surface area (Å²) in [6.07, 6.45) is -1.70. The number of hydrogen-bond acceptors (Lipinski definition) is 4. The molecule has 2 bridgehead atoms. The Balaban J connectivity index is 1.38. The monoisotopic (exact) mass is 456 g/mol. The van der Waals surface area contributed by atoms with Gasteiger partial charge in [0.05, 0.1) is 29.1 Å². The average Bonchev–Trinajstić information content (AvgIpc) is 3.10. The van der Waals surface area contributed by atoms with E-state index in [0.29, 0.717) is 0 Å². The molecule has 3 aliphatic heterocycles. The van der Waals surface area contributed by atoms with Crippen molar-refractivity contribution >= 4 is 23.6 Å². The van der Waals surface area contributed by atoms with Crippen LogP contribution in [-0.2, 0) is 27.1 Å². The number of fused-ring (bicyclic) bond motifs is 1. The molecule has 6 rings (SSSR count). The van der Waals surface area contributed by atoms with E-state index in [1.54, 1.807) is 12.2 Å². The Labute approximate surface area is 187 Å². The van der Waals surface area contributed by atoms with Crippen molar-refractivity contribution in [2.24, 2.45) is 17.8 Å². The number of carbonyl (C=O) groups is 3. The third kappa shape index (κ3) is 3.57. The number of piperidine rings is 1. The Kier molecular flexibility index (Phi) is 4.99. The third-order valence-electron chi connectivity index (χ3n) is 6.42. The fourth-order valence-electron chi connectivity index (χ4n) is 4.91. The molecule has 6 nitrogen and oxygen atoms in total. The Morgan fingerprint density at radius 2 is 1.70 bits per heavy atom. The highest BCUT2D eigenvalue weighted by Crippen LogP contribution is 2.47. The summed E-state index contributed by atoms with van der Waals surface area (Å²) in [6, 6.07) is 12.6. The van der Waals surface area contributed by atoms with Gasteiger partial charge in [0.15, 0.2) is 0 Å². The van der Waals surface area contributed by atoms with Crippen molar-refractivity contribution in [3.8, 4) is 0 Å². The normalized spacial score (nSPS) is 26.0. The molecule has 3 amide bonds. The first-order valence-corrected chi connectivity index (χ1v) is 10.5. The van der Waals surface area contributed by atoms with Crippen LogP contribution in [0.1, 0.15) is 11.1 Å². The van der Waals surface area contributed by atoms with Gasteiger partial charge in [-0.15, -0.1) is 0 Å². The van der Waals surface area contributed by atoms with E-state index in [0.717, 1.165) is 22.6 Å². The van der Waals surface area contributed by atoms with E-state index in [9.17, 15) is 27.6 Å². The van der Waals surface area contributed by atoms with Crippen molar-refractivity contribution < 1.29 is 32.3 Å². The Hall–Kier alpha value is -3.62. The summed E-state index contributed by atoms with van der Waals surface area (Å²) < 4.78 is 44.9. The van der Waals surface area contributed by atoms with Gasteiger partial charge in [-0.1, -0.05) is 48.6 Å². The molecule has 3 heterocycles. The molecule has 2 fully saturated rings. The van der Waals surface area contributed by atoms with Crippen LogP contribution in [0.25, 0.3) is 0 Å². The first-order chi connectivity index (χ1) is 15.8. The lowest BCUT2D eigenvalue weighted by Crippen LogP contribution is -2.58. The number of imide groups is 1. The summed E-state index contributed by atoms with van der Waals surface area (Å²) in [6.45, 7) is 0.264. The second-order valence-electron chi connectivity index (χ2n) is 8.34. The van der Waals surface area contributed by atoms with E-state index in [2.05, 4.69) is 0 Å². The van der Waals surface area contributed by atoms with Crippen LogP contribution in [-0.4, -0.2) is 35.4 Å². The second kappa shape index (κ2) is 7.75. The Morgan fingerprint density at radius 1 is 0.970 bits per heavy atom. The lowest BCUT2D eigenvalue weighted by molar-refractivity contribution is -0.137. The number of benzene rings is 2. The van der Waals surface area contributed by atoms with E-state index in [1.807, 2.05) is 30.3 Å². The second-order valence-corrected chi connectivity index (χ2v) is 8.34. The number of halogens is 3. The van der Waals surface area contributed by atoms with E-state index >= 15 is 0 Å². The number of ether oxygens (including phenoxy) is 1. The van der Waals surface area contributed by atoms with Gasteiger partial charge in [0.1, 0.15) is 6.61 Å². The van der Waals surface area contributed by atoms with Gasteiger partial charge in [-0.2, -0.15) is 13.2 Å². The molecule has 4 aliphatic rings. The number of rotatable bonds is 3. The van der Waals surface area contributed by atoms with E-state index < -0.39 is 53.4 Å². The van der Waals surface area contributed by atoms with Gasteiger partial charge in [0.25, 0.3) is 0 Å². The van der Waals surface area contributed by atoms with Crippen LogP contribution in [0.2, 0.25) is 0 Å². The topological polar surface area (TPSA) is 66.9 Å². The van der Waals surface area contributed by atoms with Crippen LogP contribution >= 0.6 is 0 Å². The fourth-order valence-corrected chi connectivity index (χ4v) is 4.91. The highest BCUT2D eigenvalue weighted by atomic mass is 19.4. The summed E-state index contributed by atoms with van der Waals surface area (Å²) in [4.78, 5) is 41.4. The van der Waals surface area contributed by atoms with E-state index in [-0.39, 0.29) is 18.8 Å². The molecule has 0 spiro atoms. The number of nitrogens with zero attached hydrogens (tertiary/aromatic N) is 2. The third-order valence-corrected chi connectivity index (χ3v) is 6.42. The largest absolute Gasteiger partial charge is 0.445 e. The Morgan fingerprint density at radius 3 is 2.42 bits per heavy atom. The molecule has 170 valence electrons. The summed E-state index contributed by atoms with van der Waals surface area (Å²) in [5.41, 5.74) is -0.251. The lowest BCUT2D eigenvalue weighted by Gasteiger charge is -2.45. The maximum absolute atomic E-state index is 13.3. The van der Waals surface area contributed by atoms with Crippen molar-refractivity contribution in [2.45, 2.75) is 18.8 Å². The predicted molar refractivity (Wildman–Crippen MR) is 111 cm³/mol. The van der Waals surface area contributed by atoms with Gasteiger partial charge in [-0.05, 0) is 23.8 Å². The molecule has 0 radical (unpaired) electrons. The van der Waals surface area contributed by atoms with Crippen LogP contribution in [0.3, 0.4) is 0 Å². The SMILES string of the molecule is O=C1[C@@H]2[C@H](C(=O)N1c1cccc(C(F)(F)F)c1)[C@@H]1C=C[C@H]2CN1C(=O)OCc1ccccc1. The van der Waals surface area contributed by atoms with Crippen LogP contribution in [0.4, 0.5) is 23.7 Å². The van der Waals surface area contributed by atoms with Gasteiger partial charge in [-0.3, -0.25) is 9.59 Å². The van der Waals surface area contributed by atoms with E-state index in [4.69, 9.17) is 4.74 Å². The summed E-state index contributed by atoms with van der Waals surface area (Å²) in [7, 11) is 0. The van der Waals surface area contributed by atoms with Crippen LogP contribution in [0, 0.1) is 17.8 Å². The number of alkyl halides is 3. The molecule has 0 N–H and O–H groups in total. The fraction of sp³-hybridized carbons (Fsp3) is 0.292. The van der Waals surface area contributed by atoms with Crippen molar-refractivity contribution in [1.82, 2.24) is 4.90 Å². The van der Waals surface area contributed by atoms with Gasteiger partial charge in [-0.25, -0.2) is 9.69 Å². The highest BCUT2D eigenvalue weighted by molar-refractivity contribution is 6.23. The molecule has 2 aromatic rings. The minimum absolute atomic E-state index is 0.0641. The summed E-state index contributed by atoms with van der Waals surface area (Å²) in [5.74, 6) is -3.15. The minimum atomic E-state index is -4.60. The molecular weight excluding hydrogens is 437 g/mol. The summed E-state index contributed by atoms with van der Waals surface area (Å²) in [5, 5.41) is 0. The molecular formula is C24H19F3N2O4. The van der Waals surface area contributed by atoms with Gasteiger partial charge in [0.2, 0.25) is 11.8 Å². The summed E-state index contributed by atoms with van der Waals surface area (Å²) >= 11 is 0. The molecule has 9 heteroatoms. The maximum Gasteiger partial charge on any atom is 0.416 e. The molecule has 0 saturated carbocycles. The first-order valence-electron chi connectivity index (χ1n) is 10.5. The van der Waals surface area contributed by atoms with Crippen molar-refractivity contribution in [1.29, 1.82) is 0 Å². The molecule has 2 saturated heterocycles. The molecule has 0 aromatic heterocycles. The molecule has 2 aromatic carbocycles. The maximum atomic E-state index is 13.3.